The molecule has 0 saturated carbocycles. The Hall–Kier alpha value is -2.86. The van der Waals surface area contributed by atoms with Gasteiger partial charge in [-0.2, -0.15) is 0 Å². The van der Waals surface area contributed by atoms with E-state index in [1.54, 1.807) is 14.2 Å². The highest BCUT2D eigenvalue weighted by molar-refractivity contribution is 7.15. The summed E-state index contributed by atoms with van der Waals surface area (Å²) in [6.07, 6.45) is 0.894. The molecule has 0 unspecified atom stereocenters. The van der Waals surface area contributed by atoms with Gasteiger partial charge in [0.1, 0.15) is 16.5 Å². The standard InChI is InChI=1S/C22H23NO4S/c1-15-20(28-22(23-15)18-6-4-5-7-19(18)26-3)14-21(24)27-13-12-16-8-10-17(25-2)11-9-16/h4-11H,12-14H2,1-3H3. The lowest BCUT2D eigenvalue weighted by Crippen LogP contribution is -2.10. The van der Waals surface area contributed by atoms with Gasteiger partial charge in [-0.15, -0.1) is 11.3 Å². The molecule has 0 radical (unpaired) electrons. The molecule has 0 aliphatic heterocycles. The van der Waals surface area contributed by atoms with Crippen molar-refractivity contribution in [3.05, 3.63) is 64.7 Å². The number of carbonyl (C=O) groups is 1. The van der Waals surface area contributed by atoms with Gasteiger partial charge in [0.25, 0.3) is 0 Å². The Morgan fingerprint density at radius 2 is 1.79 bits per heavy atom. The topological polar surface area (TPSA) is 57.7 Å². The molecule has 6 heteroatoms. The average molecular weight is 397 g/mol. The summed E-state index contributed by atoms with van der Waals surface area (Å²) in [5.74, 6) is 1.34. The molecular formula is C22H23NO4S. The minimum absolute atomic E-state index is 0.223. The first-order valence-corrected chi connectivity index (χ1v) is 9.80. The predicted molar refractivity (Wildman–Crippen MR) is 110 cm³/mol. The van der Waals surface area contributed by atoms with Crippen LogP contribution in [0.15, 0.2) is 48.5 Å². The quantitative estimate of drug-likeness (QED) is 0.525. The summed E-state index contributed by atoms with van der Waals surface area (Å²) in [4.78, 5) is 17.8. The van der Waals surface area contributed by atoms with Crippen molar-refractivity contribution >= 4 is 17.3 Å². The largest absolute Gasteiger partial charge is 0.497 e. The molecule has 0 aliphatic rings. The van der Waals surface area contributed by atoms with Gasteiger partial charge in [0, 0.05) is 11.3 Å². The molecular weight excluding hydrogens is 374 g/mol. The number of thiazole rings is 1. The molecule has 28 heavy (non-hydrogen) atoms. The Morgan fingerprint density at radius 1 is 1.04 bits per heavy atom. The molecule has 0 atom stereocenters. The lowest BCUT2D eigenvalue weighted by atomic mass is 10.1. The number of ether oxygens (including phenoxy) is 3. The van der Waals surface area contributed by atoms with Crippen LogP contribution in [0.5, 0.6) is 11.5 Å². The number of aromatic nitrogens is 1. The molecule has 1 aromatic heterocycles. The number of hydrogen-bond donors (Lipinski definition) is 0. The van der Waals surface area contributed by atoms with Crippen molar-refractivity contribution in [2.75, 3.05) is 20.8 Å². The number of para-hydroxylation sites is 1. The maximum atomic E-state index is 12.2. The van der Waals surface area contributed by atoms with Gasteiger partial charge in [-0.25, -0.2) is 4.98 Å². The van der Waals surface area contributed by atoms with E-state index in [2.05, 4.69) is 4.98 Å². The summed E-state index contributed by atoms with van der Waals surface area (Å²) in [5, 5.41) is 0.844. The summed E-state index contributed by atoms with van der Waals surface area (Å²) in [6, 6.07) is 15.5. The van der Waals surface area contributed by atoms with E-state index in [0.29, 0.717) is 13.0 Å². The van der Waals surface area contributed by atoms with Gasteiger partial charge in [0.15, 0.2) is 0 Å². The Morgan fingerprint density at radius 3 is 2.50 bits per heavy atom. The maximum Gasteiger partial charge on any atom is 0.311 e. The number of carbonyl (C=O) groups excluding carboxylic acids is 1. The highest BCUT2D eigenvalue weighted by Gasteiger charge is 2.16. The minimum Gasteiger partial charge on any atom is -0.497 e. The second kappa shape index (κ2) is 9.37. The lowest BCUT2D eigenvalue weighted by molar-refractivity contribution is -0.142. The third-order valence-electron chi connectivity index (χ3n) is 4.35. The van der Waals surface area contributed by atoms with Crippen LogP contribution in [0.25, 0.3) is 10.6 Å². The first-order valence-electron chi connectivity index (χ1n) is 8.99. The Balaban J connectivity index is 1.57. The smallest absolute Gasteiger partial charge is 0.311 e. The molecule has 0 fully saturated rings. The third-order valence-corrected chi connectivity index (χ3v) is 5.54. The lowest BCUT2D eigenvalue weighted by Gasteiger charge is -2.06. The zero-order valence-corrected chi connectivity index (χ0v) is 17.0. The van der Waals surface area contributed by atoms with Crippen LogP contribution in [-0.2, 0) is 22.4 Å². The third kappa shape index (κ3) is 4.89. The molecule has 1 heterocycles. The summed E-state index contributed by atoms with van der Waals surface area (Å²) < 4.78 is 16.0. The van der Waals surface area contributed by atoms with Gasteiger partial charge in [0.05, 0.1) is 38.5 Å². The number of hydrogen-bond acceptors (Lipinski definition) is 6. The first-order chi connectivity index (χ1) is 13.6. The number of rotatable bonds is 8. The fourth-order valence-electron chi connectivity index (χ4n) is 2.79. The van der Waals surface area contributed by atoms with E-state index in [-0.39, 0.29) is 12.4 Å². The average Bonchev–Trinajstić information content (AvgIpc) is 3.08. The van der Waals surface area contributed by atoms with Crippen molar-refractivity contribution in [3.8, 4) is 22.1 Å². The Labute approximate surface area is 168 Å². The van der Waals surface area contributed by atoms with Crippen LogP contribution in [0.3, 0.4) is 0 Å². The molecule has 146 valence electrons. The Bertz CT molecular complexity index is 934. The zero-order chi connectivity index (χ0) is 19.9. The predicted octanol–water partition coefficient (Wildman–Crippen LogP) is 4.46. The second-order valence-electron chi connectivity index (χ2n) is 6.22. The molecule has 0 spiro atoms. The molecule has 5 nitrogen and oxygen atoms in total. The van der Waals surface area contributed by atoms with Crippen molar-refractivity contribution in [2.45, 2.75) is 19.8 Å². The first kappa shape index (κ1) is 19.9. The monoisotopic (exact) mass is 397 g/mol. The van der Waals surface area contributed by atoms with Gasteiger partial charge < -0.3 is 14.2 Å². The van der Waals surface area contributed by atoms with Gasteiger partial charge in [0.2, 0.25) is 0 Å². The number of benzene rings is 2. The van der Waals surface area contributed by atoms with Gasteiger partial charge >= 0.3 is 5.97 Å². The molecule has 0 bridgehead atoms. The van der Waals surface area contributed by atoms with Crippen molar-refractivity contribution < 1.29 is 19.0 Å². The number of aryl methyl sites for hydroxylation is 1. The van der Waals surface area contributed by atoms with E-state index < -0.39 is 0 Å². The summed E-state index contributed by atoms with van der Waals surface area (Å²) >= 11 is 1.50. The van der Waals surface area contributed by atoms with Crippen LogP contribution >= 0.6 is 11.3 Å². The molecule has 0 aliphatic carbocycles. The van der Waals surface area contributed by atoms with E-state index in [1.807, 2.05) is 55.5 Å². The minimum atomic E-state index is -0.244. The highest BCUT2D eigenvalue weighted by Crippen LogP contribution is 2.34. The fourth-order valence-corrected chi connectivity index (χ4v) is 3.86. The van der Waals surface area contributed by atoms with E-state index in [1.165, 1.54) is 11.3 Å². The number of esters is 1. The molecule has 0 amide bonds. The van der Waals surface area contributed by atoms with Crippen LogP contribution in [0.4, 0.5) is 0 Å². The molecule has 2 aromatic carbocycles. The number of methoxy groups -OCH3 is 2. The van der Waals surface area contributed by atoms with Crippen molar-refractivity contribution in [1.82, 2.24) is 4.98 Å². The summed E-state index contributed by atoms with van der Waals surface area (Å²) in [5.41, 5.74) is 2.87. The zero-order valence-electron chi connectivity index (χ0n) is 16.2. The summed E-state index contributed by atoms with van der Waals surface area (Å²) in [6.45, 7) is 2.26. The van der Waals surface area contributed by atoms with E-state index in [4.69, 9.17) is 14.2 Å². The van der Waals surface area contributed by atoms with Gasteiger partial charge in [-0.3, -0.25) is 4.79 Å². The van der Waals surface area contributed by atoms with Crippen molar-refractivity contribution in [3.63, 3.8) is 0 Å². The van der Waals surface area contributed by atoms with Crippen LogP contribution in [0.2, 0.25) is 0 Å². The highest BCUT2D eigenvalue weighted by atomic mass is 32.1. The molecule has 3 aromatic rings. The number of nitrogens with zero attached hydrogens (tertiary/aromatic N) is 1. The van der Waals surface area contributed by atoms with Gasteiger partial charge in [-0.05, 0) is 36.8 Å². The maximum absolute atomic E-state index is 12.2. The van der Waals surface area contributed by atoms with Crippen LogP contribution in [0.1, 0.15) is 16.1 Å². The van der Waals surface area contributed by atoms with Crippen LogP contribution in [0, 0.1) is 6.92 Å². The summed E-state index contributed by atoms with van der Waals surface area (Å²) in [7, 11) is 3.28. The van der Waals surface area contributed by atoms with Crippen LogP contribution in [-0.4, -0.2) is 31.8 Å². The second-order valence-corrected chi connectivity index (χ2v) is 7.31. The SMILES string of the molecule is COc1ccc(CCOC(=O)Cc2sc(-c3ccccc3OC)nc2C)cc1. The normalized spacial score (nSPS) is 10.5. The Kier molecular flexibility index (Phi) is 6.66. The molecule has 0 saturated heterocycles. The van der Waals surface area contributed by atoms with E-state index >= 15 is 0 Å². The molecule has 3 rings (SSSR count). The van der Waals surface area contributed by atoms with E-state index in [0.717, 1.165) is 38.2 Å². The van der Waals surface area contributed by atoms with Crippen molar-refractivity contribution in [2.24, 2.45) is 0 Å². The van der Waals surface area contributed by atoms with Crippen molar-refractivity contribution in [1.29, 1.82) is 0 Å². The van der Waals surface area contributed by atoms with Crippen LogP contribution < -0.4 is 9.47 Å². The fraction of sp³-hybridized carbons (Fsp3) is 0.273. The molecule has 0 N–H and O–H groups in total. The van der Waals surface area contributed by atoms with E-state index in [9.17, 15) is 4.79 Å². The van der Waals surface area contributed by atoms with Gasteiger partial charge in [-0.1, -0.05) is 24.3 Å².